The number of hydrogen-bond acceptors (Lipinski definition) is 4. The molecular weight excluding hydrogens is 422 g/mol. The van der Waals surface area contributed by atoms with Crippen molar-refractivity contribution in [2.45, 2.75) is 25.9 Å². The van der Waals surface area contributed by atoms with E-state index in [0.29, 0.717) is 12.1 Å². The van der Waals surface area contributed by atoms with Crippen molar-refractivity contribution in [2.24, 2.45) is 0 Å². The molecule has 1 aromatic carbocycles. The van der Waals surface area contributed by atoms with Gasteiger partial charge >= 0.3 is 6.18 Å². The van der Waals surface area contributed by atoms with Crippen molar-refractivity contribution in [1.29, 1.82) is 0 Å². The van der Waals surface area contributed by atoms with Gasteiger partial charge in [0.05, 0.1) is 12.3 Å². The van der Waals surface area contributed by atoms with Crippen LogP contribution in [0, 0.1) is 3.57 Å². The highest BCUT2D eigenvalue weighted by Crippen LogP contribution is 2.35. The Morgan fingerprint density at radius 1 is 1.26 bits per heavy atom. The number of halogens is 4. The van der Waals surface area contributed by atoms with Crippen molar-refractivity contribution in [1.82, 2.24) is 9.97 Å². The molecule has 0 spiro atoms. The third kappa shape index (κ3) is 4.95. The van der Waals surface area contributed by atoms with E-state index >= 15 is 0 Å². The van der Waals surface area contributed by atoms with Gasteiger partial charge in [-0.15, -0.1) is 0 Å². The maximum Gasteiger partial charge on any atom is 0.423 e. The van der Waals surface area contributed by atoms with Crippen LogP contribution in [0.5, 0.6) is 5.88 Å². The van der Waals surface area contributed by atoms with E-state index in [-0.39, 0.29) is 12.6 Å². The second-order valence-electron chi connectivity index (χ2n) is 4.72. The van der Waals surface area contributed by atoms with Crippen molar-refractivity contribution in [3.05, 3.63) is 39.6 Å². The highest BCUT2D eigenvalue weighted by Gasteiger charge is 2.36. The lowest BCUT2D eigenvalue weighted by molar-refractivity contribution is -0.139. The number of rotatable bonds is 6. The van der Waals surface area contributed by atoms with E-state index in [9.17, 15) is 13.2 Å². The first-order chi connectivity index (χ1) is 10.9. The third-order valence-electron chi connectivity index (χ3n) is 2.92. The first-order valence-corrected chi connectivity index (χ1v) is 8.08. The van der Waals surface area contributed by atoms with Gasteiger partial charge in [-0.2, -0.15) is 18.2 Å². The minimum atomic E-state index is -4.55. The predicted molar refractivity (Wildman–Crippen MR) is 89.9 cm³/mol. The molecule has 0 atom stereocenters. The molecule has 0 fully saturated rings. The zero-order valence-corrected chi connectivity index (χ0v) is 14.5. The number of nitrogens with zero attached hydrogens (tertiary/aromatic N) is 2. The normalized spacial score (nSPS) is 11.3. The van der Waals surface area contributed by atoms with Gasteiger partial charge in [-0.25, -0.2) is 4.98 Å². The average molecular weight is 437 g/mol. The number of unbranched alkanes of at least 4 members (excludes halogenated alkanes) is 1. The summed E-state index contributed by atoms with van der Waals surface area (Å²) in [6.45, 7) is 2.11. The lowest BCUT2D eigenvalue weighted by Crippen LogP contribution is -2.13. The molecule has 124 valence electrons. The quantitative estimate of drug-likeness (QED) is 0.509. The minimum Gasteiger partial charge on any atom is -0.477 e. The summed E-state index contributed by atoms with van der Waals surface area (Å²) in [4.78, 5) is 7.62. The van der Waals surface area contributed by atoms with Crippen LogP contribution in [0.3, 0.4) is 0 Å². The molecular formula is C15H15F3IN3O. The molecule has 0 saturated carbocycles. The molecule has 0 amide bonds. The summed E-state index contributed by atoms with van der Waals surface area (Å²) < 4.78 is 45.1. The summed E-state index contributed by atoms with van der Waals surface area (Å²) in [5.74, 6) is -0.386. The van der Waals surface area contributed by atoms with Crippen LogP contribution in [0.2, 0.25) is 0 Å². The molecule has 23 heavy (non-hydrogen) atoms. The number of alkyl halides is 3. The Balaban J connectivity index is 2.28. The van der Waals surface area contributed by atoms with E-state index in [1.807, 2.05) is 25.1 Å². The Morgan fingerprint density at radius 3 is 2.65 bits per heavy atom. The first kappa shape index (κ1) is 17.8. The number of ether oxygens (including phenoxy) is 1. The molecule has 0 aliphatic rings. The van der Waals surface area contributed by atoms with E-state index in [1.54, 1.807) is 6.07 Å². The number of nitrogens with one attached hydrogen (secondary N) is 1. The summed E-state index contributed by atoms with van der Waals surface area (Å²) in [5.41, 5.74) is -0.255. The molecule has 0 aliphatic heterocycles. The number of para-hydroxylation sites is 1. The molecule has 1 aromatic heterocycles. The van der Waals surface area contributed by atoms with E-state index in [0.717, 1.165) is 16.2 Å². The molecule has 8 heteroatoms. The van der Waals surface area contributed by atoms with Crippen molar-refractivity contribution in [2.75, 3.05) is 11.9 Å². The highest BCUT2D eigenvalue weighted by atomic mass is 127. The van der Waals surface area contributed by atoms with Gasteiger partial charge in [0, 0.05) is 9.77 Å². The summed E-state index contributed by atoms with van der Waals surface area (Å²) in [6.07, 6.45) is -2.34. The Labute approximate surface area is 145 Å². The number of anilines is 2. The topological polar surface area (TPSA) is 47.0 Å². The first-order valence-electron chi connectivity index (χ1n) is 7.00. The molecule has 4 nitrogen and oxygen atoms in total. The summed E-state index contributed by atoms with van der Waals surface area (Å²) in [5, 5.41) is 2.90. The molecule has 2 rings (SSSR count). The van der Waals surface area contributed by atoms with E-state index in [1.165, 1.54) is 0 Å². The second kappa shape index (κ2) is 7.80. The van der Waals surface area contributed by atoms with Crippen LogP contribution >= 0.6 is 22.6 Å². The van der Waals surface area contributed by atoms with Crippen molar-refractivity contribution < 1.29 is 17.9 Å². The Bertz CT molecular complexity index is 665. The van der Waals surface area contributed by atoms with Crippen molar-refractivity contribution in [3.63, 3.8) is 0 Å². The van der Waals surface area contributed by atoms with Crippen molar-refractivity contribution in [3.8, 4) is 5.88 Å². The van der Waals surface area contributed by atoms with Crippen LogP contribution in [0.1, 0.15) is 25.3 Å². The van der Waals surface area contributed by atoms with Gasteiger partial charge in [0.25, 0.3) is 0 Å². The van der Waals surface area contributed by atoms with Gasteiger partial charge in [0.15, 0.2) is 0 Å². The number of benzene rings is 1. The van der Waals surface area contributed by atoms with E-state index < -0.39 is 17.6 Å². The van der Waals surface area contributed by atoms with Crippen LogP contribution in [0.4, 0.5) is 24.8 Å². The fourth-order valence-electron chi connectivity index (χ4n) is 1.73. The SMILES string of the molecule is CCCCOc1nc(Nc2ccccc2I)ncc1C(F)(F)F. The molecule has 0 unspecified atom stereocenters. The molecule has 1 N–H and O–H groups in total. The van der Waals surface area contributed by atoms with Crippen molar-refractivity contribution >= 4 is 34.2 Å². The van der Waals surface area contributed by atoms with E-state index in [4.69, 9.17) is 4.74 Å². The summed E-state index contributed by atoms with van der Waals surface area (Å²) >= 11 is 2.11. The van der Waals surface area contributed by atoms with Gasteiger partial charge < -0.3 is 10.1 Å². The molecule has 0 radical (unpaired) electrons. The monoisotopic (exact) mass is 437 g/mol. The highest BCUT2D eigenvalue weighted by molar-refractivity contribution is 14.1. The Kier molecular flexibility index (Phi) is 6.03. The van der Waals surface area contributed by atoms with Crippen LogP contribution in [0.25, 0.3) is 0 Å². The number of hydrogen-bond donors (Lipinski definition) is 1. The fraction of sp³-hybridized carbons (Fsp3) is 0.333. The number of aromatic nitrogens is 2. The predicted octanol–water partition coefficient (Wildman–Crippen LogP) is 5.02. The van der Waals surface area contributed by atoms with Crippen LogP contribution in [-0.2, 0) is 6.18 Å². The molecule has 1 heterocycles. The lowest BCUT2D eigenvalue weighted by Gasteiger charge is -2.14. The van der Waals surface area contributed by atoms with Crippen LogP contribution in [0.15, 0.2) is 30.5 Å². The largest absolute Gasteiger partial charge is 0.477 e. The average Bonchev–Trinajstić information content (AvgIpc) is 2.49. The summed E-state index contributed by atoms with van der Waals surface area (Å²) in [6, 6.07) is 7.33. The maximum atomic E-state index is 13.0. The van der Waals surface area contributed by atoms with Gasteiger partial charge in [-0.05, 0) is 41.1 Å². The second-order valence-corrected chi connectivity index (χ2v) is 5.88. The standard InChI is InChI=1S/C15H15F3IN3O/c1-2-3-8-23-13-10(15(16,17)18)9-20-14(22-13)21-12-7-5-4-6-11(12)19/h4-7,9H,2-3,8H2,1H3,(H,20,21,22). The molecule has 2 aromatic rings. The van der Waals surface area contributed by atoms with Gasteiger partial charge in [0.1, 0.15) is 5.56 Å². The zero-order chi connectivity index (χ0) is 16.9. The minimum absolute atomic E-state index is 0.0635. The zero-order valence-electron chi connectivity index (χ0n) is 12.3. The van der Waals surface area contributed by atoms with Crippen LogP contribution < -0.4 is 10.1 Å². The van der Waals surface area contributed by atoms with E-state index in [2.05, 4.69) is 37.9 Å². The molecule has 0 bridgehead atoms. The molecule has 0 aliphatic carbocycles. The molecule has 0 saturated heterocycles. The van der Waals surface area contributed by atoms with Gasteiger partial charge in [-0.3, -0.25) is 0 Å². The third-order valence-corrected chi connectivity index (χ3v) is 3.86. The van der Waals surface area contributed by atoms with Crippen LogP contribution in [-0.4, -0.2) is 16.6 Å². The fourth-order valence-corrected chi connectivity index (χ4v) is 2.25. The smallest absolute Gasteiger partial charge is 0.423 e. The van der Waals surface area contributed by atoms with Gasteiger partial charge in [0.2, 0.25) is 11.8 Å². The summed E-state index contributed by atoms with van der Waals surface area (Å²) in [7, 11) is 0. The lowest BCUT2D eigenvalue weighted by atomic mass is 10.3. The maximum absolute atomic E-state index is 13.0. The Hall–Kier alpha value is -1.58. The van der Waals surface area contributed by atoms with Gasteiger partial charge in [-0.1, -0.05) is 25.5 Å². The Morgan fingerprint density at radius 2 is 2.00 bits per heavy atom.